The number of hydrogen-bond donors (Lipinski definition) is 2. The Balaban J connectivity index is 3.35. The lowest BCUT2D eigenvalue weighted by molar-refractivity contribution is 0.138. The fourth-order valence-corrected chi connectivity index (χ4v) is 0.986. The van der Waals surface area contributed by atoms with Crippen LogP contribution in [0.4, 0.5) is 4.79 Å². The van der Waals surface area contributed by atoms with Gasteiger partial charge in [0.1, 0.15) is 6.61 Å². The van der Waals surface area contributed by atoms with Crippen LogP contribution in [-0.2, 0) is 4.74 Å². The summed E-state index contributed by atoms with van der Waals surface area (Å²) in [5.74, 6) is 0. The van der Waals surface area contributed by atoms with Crippen LogP contribution in [-0.4, -0.2) is 56.9 Å². The number of hydrogen-bond acceptors (Lipinski definition) is 4. The molecule has 0 aromatic heterocycles. The van der Waals surface area contributed by atoms with E-state index in [1.54, 1.807) is 0 Å². The molecule has 0 aliphatic heterocycles. The van der Waals surface area contributed by atoms with Crippen molar-refractivity contribution in [2.75, 3.05) is 40.3 Å². The topological polar surface area (TPSA) is 53.6 Å². The number of carbonyl (C=O) groups excluding carboxylic acids is 1. The summed E-state index contributed by atoms with van der Waals surface area (Å²) < 4.78 is 5.00. The lowest BCUT2D eigenvalue weighted by Crippen LogP contribution is -2.41. The van der Waals surface area contributed by atoms with Crippen molar-refractivity contribution in [1.82, 2.24) is 15.5 Å². The zero-order valence-electron chi connectivity index (χ0n) is 11.1. The Morgan fingerprint density at radius 1 is 1.25 bits per heavy atom. The van der Waals surface area contributed by atoms with Crippen LogP contribution in [0.2, 0.25) is 0 Å². The maximum absolute atomic E-state index is 11.2. The summed E-state index contributed by atoms with van der Waals surface area (Å²) >= 11 is 0. The van der Waals surface area contributed by atoms with Gasteiger partial charge >= 0.3 is 6.09 Å². The molecule has 96 valence electrons. The summed E-state index contributed by atoms with van der Waals surface area (Å²) in [6.07, 6.45) is -0.359. The second-order valence-corrected chi connectivity index (χ2v) is 5.06. The number of nitrogens with zero attached hydrogens (tertiary/aromatic N) is 1. The highest BCUT2D eigenvalue weighted by atomic mass is 16.5. The summed E-state index contributed by atoms with van der Waals surface area (Å²) in [6, 6.07) is 0. The fourth-order valence-electron chi connectivity index (χ4n) is 0.986. The van der Waals surface area contributed by atoms with Gasteiger partial charge in [0.15, 0.2) is 0 Å². The number of carbonyl (C=O) groups is 1. The summed E-state index contributed by atoms with van der Waals surface area (Å²) in [7, 11) is 4.05. The first-order valence-electron chi connectivity index (χ1n) is 5.61. The van der Waals surface area contributed by atoms with Crippen molar-refractivity contribution in [3.05, 3.63) is 0 Å². The lowest BCUT2D eigenvalue weighted by atomic mass is 10.1. The molecule has 0 fully saturated rings. The molecule has 5 heteroatoms. The molecule has 16 heavy (non-hydrogen) atoms. The van der Waals surface area contributed by atoms with Crippen molar-refractivity contribution in [3.8, 4) is 0 Å². The Morgan fingerprint density at radius 2 is 1.88 bits per heavy atom. The number of alkyl carbamates (subject to hydrolysis) is 1. The van der Waals surface area contributed by atoms with Gasteiger partial charge in [-0.2, -0.15) is 0 Å². The smallest absolute Gasteiger partial charge is 0.407 e. The summed E-state index contributed by atoms with van der Waals surface area (Å²) in [5.41, 5.74) is -0.241. The van der Waals surface area contributed by atoms with Gasteiger partial charge in [0, 0.05) is 25.2 Å². The van der Waals surface area contributed by atoms with Crippen LogP contribution in [0.15, 0.2) is 0 Å². The van der Waals surface area contributed by atoms with E-state index in [4.69, 9.17) is 4.74 Å². The number of nitrogens with one attached hydrogen (secondary N) is 2. The molecule has 0 radical (unpaired) electrons. The highest BCUT2D eigenvalue weighted by Gasteiger charge is 2.13. The first-order chi connectivity index (χ1) is 7.31. The molecular weight excluding hydrogens is 206 g/mol. The van der Waals surface area contributed by atoms with Crippen molar-refractivity contribution < 1.29 is 9.53 Å². The van der Waals surface area contributed by atoms with Crippen molar-refractivity contribution in [2.24, 2.45) is 0 Å². The first kappa shape index (κ1) is 15.2. The molecule has 0 saturated carbocycles. The van der Waals surface area contributed by atoms with Crippen LogP contribution in [0.3, 0.4) is 0 Å². The number of rotatable bonds is 6. The molecule has 0 aliphatic carbocycles. The van der Waals surface area contributed by atoms with Crippen LogP contribution >= 0.6 is 0 Å². The van der Waals surface area contributed by atoms with Crippen molar-refractivity contribution in [2.45, 2.75) is 26.3 Å². The third-order valence-corrected chi connectivity index (χ3v) is 1.72. The van der Waals surface area contributed by atoms with Gasteiger partial charge in [0.05, 0.1) is 0 Å². The van der Waals surface area contributed by atoms with E-state index in [0.717, 1.165) is 13.1 Å². The second kappa shape index (κ2) is 7.46. The van der Waals surface area contributed by atoms with E-state index in [1.165, 1.54) is 0 Å². The molecule has 0 spiro atoms. The molecular formula is C11H25N3O2. The minimum atomic E-state index is -0.359. The molecule has 0 aromatic rings. The van der Waals surface area contributed by atoms with Gasteiger partial charge in [-0.1, -0.05) is 0 Å². The van der Waals surface area contributed by atoms with Crippen molar-refractivity contribution in [1.29, 1.82) is 0 Å². The highest BCUT2D eigenvalue weighted by Crippen LogP contribution is 1.98. The third-order valence-electron chi connectivity index (χ3n) is 1.72. The Labute approximate surface area is 98.5 Å². The molecule has 5 nitrogen and oxygen atoms in total. The Morgan fingerprint density at radius 3 is 2.38 bits per heavy atom. The average molecular weight is 231 g/mol. The molecule has 0 aliphatic rings. The Hall–Kier alpha value is -0.810. The van der Waals surface area contributed by atoms with Gasteiger partial charge in [0.2, 0.25) is 0 Å². The summed E-state index contributed by atoms with van der Waals surface area (Å²) in [6.45, 7) is 8.73. The van der Waals surface area contributed by atoms with E-state index < -0.39 is 0 Å². The second-order valence-electron chi connectivity index (χ2n) is 5.06. The van der Waals surface area contributed by atoms with E-state index in [1.807, 2.05) is 34.9 Å². The van der Waals surface area contributed by atoms with E-state index in [9.17, 15) is 4.79 Å². The zero-order valence-corrected chi connectivity index (χ0v) is 11.1. The molecule has 1 amide bonds. The Bertz CT molecular complexity index is 200. The van der Waals surface area contributed by atoms with E-state index in [2.05, 4.69) is 15.5 Å². The van der Waals surface area contributed by atoms with Gasteiger partial charge < -0.3 is 20.3 Å². The minimum Gasteiger partial charge on any atom is -0.448 e. The summed E-state index contributed by atoms with van der Waals surface area (Å²) in [5, 5.41) is 5.92. The first-order valence-corrected chi connectivity index (χ1v) is 5.61. The fraction of sp³-hybridized carbons (Fsp3) is 0.909. The lowest BCUT2D eigenvalue weighted by Gasteiger charge is -2.20. The standard InChI is InChI=1S/C11H25N3O2/c1-11(2,3)13-10(15)16-9-7-12-6-8-14(4)5/h12H,6-9H2,1-5H3,(H,13,15). The van der Waals surface area contributed by atoms with Gasteiger partial charge in [-0.3, -0.25) is 0 Å². The van der Waals surface area contributed by atoms with Crippen LogP contribution in [0.1, 0.15) is 20.8 Å². The zero-order chi connectivity index (χ0) is 12.6. The minimum absolute atomic E-state index is 0.241. The molecule has 0 saturated heterocycles. The van der Waals surface area contributed by atoms with Crippen molar-refractivity contribution in [3.63, 3.8) is 0 Å². The van der Waals surface area contributed by atoms with Gasteiger partial charge in [-0.15, -0.1) is 0 Å². The van der Waals surface area contributed by atoms with Crippen LogP contribution in [0.5, 0.6) is 0 Å². The molecule has 0 bridgehead atoms. The molecule has 0 aromatic carbocycles. The van der Waals surface area contributed by atoms with Gasteiger partial charge in [0.25, 0.3) is 0 Å². The van der Waals surface area contributed by atoms with Crippen LogP contribution in [0, 0.1) is 0 Å². The van der Waals surface area contributed by atoms with Crippen LogP contribution in [0.25, 0.3) is 0 Å². The normalized spacial score (nSPS) is 11.6. The maximum Gasteiger partial charge on any atom is 0.407 e. The number of likely N-dealkylation sites (N-methyl/N-ethyl adjacent to an activating group) is 1. The monoisotopic (exact) mass is 231 g/mol. The van der Waals surface area contributed by atoms with E-state index >= 15 is 0 Å². The van der Waals surface area contributed by atoms with Gasteiger partial charge in [-0.05, 0) is 34.9 Å². The Kier molecular flexibility index (Phi) is 7.08. The third kappa shape index (κ3) is 11.3. The quantitative estimate of drug-likeness (QED) is 0.660. The molecule has 0 unspecified atom stereocenters. The van der Waals surface area contributed by atoms with E-state index in [0.29, 0.717) is 13.2 Å². The molecule has 0 heterocycles. The number of ether oxygens (including phenoxy) is 1. The predicted octanol–water partition coefficient (Wildman–Crippen LogP) is 0.662. The van der Waals surface area contributed by atoms with Crippen molar-refractivity contribution >= 4 is 6.09 Å². The molecule has 0 atom stereocenters. The number of amides is 1. The van der Waals surface area contributed by atoms with E-state index in [-0.39, 0.29) is 11.6 Å². The predicted molar refractivity (Wildman–Crippen MR) is 65.7 cm³/mol. The molecule has 0 rings (SSSR count). The summed E-state index contributed by atoms with van der Waals surface area (Å²) in [4.78, 5) is 13.3. The van der Waals surface area contributed by atoms with Gasteiger partial charge in [-0.25, -0.2) is 4.79 Å². The SMILES string of the molecule is CN(C)CCNCCOC(=O)NC(C)(C)C. The maximum atomic E-state index is 11.2. The average Bonchev–Trinajstić information content (AvgIpc) is 2.07. The molecule has 2 N–H and O–H groups in total. The highest BCUT2D eigenvalue weighted by molar-refractivity contribution is 5.68. The largest absolute Gasteiger partial charge is 0.448 e. The van der Waals surface area contributed by atoms with Crippen LogP contribution < -0.4 is 10.6 Å².